The molecule has 10 heteroatoms. The van der Waals surface area contributed by atoms with Gasteiger partial charge in [-0.1, -0.05) is 12.1 Å². The van der Waals surface area contributed by atoms with Crippen LogP contribution in [0, 0.1) is 0 Å². The van der Waals surface area contributed by atoms with Crippen LogP contribution in [0.3, 0.4) is 0 Å². The van der Waals surface area contributed by atoms with E-state index >= 15 is 0 Å². The Balaban J connectivity index is 1.42. The van der Waals surface area contributed by atoms with E-state index in [0.29, 0.717) is 22.8 Å². The quantitative estimate of drug-likeness (QED) is 0.545. The highest BCUT2D eigenvalue weighted by Gasteiger charge is 2.29. The molecule has 0 aliphatic carbocycles. The van der Waals surface area contributed by atoms with Crippen molar-refractivity contribution >= 4 is 29.4 Å². The van der Waals surface area contributed by atoms with Gasteiger partial charge in [-0.05, 0) is 24.3 Å². The Hall–Kier alpha value is -3.95. The van der Waals surface area contributed by atoms with E-state index in [4.69, 9.17) is 4.42 Å². The van der Waals surface area contributed by atoms with Crippen LogP contribution in [0.25, 0.3) is 11.6 Å². The third-order valence-corrected chi connectivity index (χ3v) is 3.93. The Morgan fingerprint density at radius 3 is 2.85 bits per heavy atom. The minimum Gasteiger partial charge on any atom is -0.461 e. The Labute approximate surface area is 152 Å². The van der Waals surface area contributed by atoms with Gasteiger partial charge < -0.3 is 15.1 Å². The van der Waals surface area contributed by atoms with Crippen molar-refractivity contribution in [3.8, 4) is 11.6 Å². The molecule has 2 aromatic heterocycles. The first-order chi connectivity index (χ1) is 13.1. The average molecular weight is 366 g/mol. The van der Waals surface area contributed by atoms with Crippen molar-refractivity contribution in [2.45, 2.75) is 12.5 Å². The van der Waals surface area contributed by atoms with Crippen LogP contribution in [0.15, 0.2) is 47.1 Å². The Morgan fingerprint density at radius 1 is 1.19 bits per heavy atom. The zero-order valence-corrected chi connectivity index (χ0v) is 13.9. The molecule has 0 bridgehead atoms. The molecule has 3 heterocycles. The van der Waals surface area contributed by atoms with Gasteiger partial charge in [0.1, 0.15) is 6.04 Å². The number of aromatic amines is 1. The van der Waals surface area contributed by atoms with Crippen LogP contribution in [0.4, 0.5) is 11.6 Å². The van der Waals surface area contributed by atoms with Crippen molar-refractivity contribution in [3.05, 3.63) is 48.2 Å². The summed E-state index contributed by atoms with van der Waals surface area (Å²) in [6.07, 6.45) is 1.22. The smallest absolute Gasteiger partial charge is 0.254 e. The lowest BCUT2D eigenvalue weighted by Crippen LogP contribution is -2.43. The first-order valence-corrected chi connectivity index (χ1v) is 8.07. The number of fused-ring (bicyclic) bond motifs is 1. The number of nitrogens with zero attached hydrogens (tertiary/aromatic N) is 2. The number of H-pyrrole nitrogens is 1. The minimum absolute atomic E-state index is 0.0371. The van der Waals surface area contributed by atoms with E-state index in [0.717, 1.165) is 0 Å². The van der Waals surface area contributed by atoms with Gasteiger partial charge in [-0.2, -0.15) is 4.98 Å². The van der Waals surface area contributed by atoms with Crippen LogP contribution >= 0.6 is 0 Å². The fraction of sp³-hybridized carbons (Fsp3) is 0.118. The number of amides is 3. The van der Waals surface area contributed by atoms with E-state index in [9.17, 15) is 14.4 Å². The van der Waals surface area contributed by atoms with Gasteiger partial charge in [-0.3, -0.25) is 24.8 Å². The van der Waals surface area contributed by atoms with E-state index in [1.807, 2.05) is 0 Å². The Kier molecular flexibility index (Phi) is 4.13. The topological polar surface area (TPSA) is 142 Å². The molecule has 1 aliphatic heterocycles. The molecule has 0 fully saturated rings. The highest BCUT2D eigenvalue weighted by Crippen LogP contribution is 2.19. The first-order valence-electron chi connectivity index (χ1n) is 8.07. The number of carbonyl (C=O) groups excluding carboxylic acids is 3. The van der Waals surface area contributed by atoms with Crippen molar-refractivity contribution in [2.24, 2.45) is 0 Å². The summed E-state index contributed by atoms with van der Waals surface area (Å²) in [5.41, 5.74) is 0.741. The third kappa shape index (κ3) is 3.40. The number of furan rings is 1. The number of aromatic nitrogens is 3. The molecule has 0 saturated heterocycles. The predicted octanol–water partition coefficient (Wildman–Crippen LogP) is 1.14. The molecule has 136 valence electrons. The molecule has 4 rings (SSSR count). The molecule has 27 heavy (non-hydrogen) atoms. The molecular formula is C17H14N6O4. The van der Waals surface area contributed by atoms with Crippen LogP contribution in [-0.2, 0) is 9.59 Å². The first kappa shape index (κ1) is 16.5. The number of benzene rings is 1. The highest BCUT2D eigenvalue weighted by molar-refractivity contribution is 6.11. The Morgan fingerprint density at radius 2 is 2.04 bits per heavy atom. The number of nitrogens with one attached hydrogen (secondary N) is 4. The van der Waals surface area contributed by atoms with Crippen molar-refractivity contribution in [1.29, 1.82) is 0 Å². The van der Waals surface area contributed by atoms with E-state index in [1.165, 1.54) is 6.26 Å². The summed E-state index contributed by atoms with van der Waals surface area (Å²) in [7, 11) is 0. The van der Waals surface area contributed by atoms with Crippen molar-refractivity contribution in [3.63, 3.8) is 0 Å². The van der Waals surface area contributed by atoms with Crippen molar-refractivity contribution < 1.29 is 18.8 Å². The summed E-state index contributed by atoms with van der Waals surface area (Å²) in [4.78, 5) is 40.9. The van der Waals surface area contributed by atoms with Gasteiger partial charge in [-0.15, -0.1) is 5.10 Å². The summed E-state index contributed by atoms with van der Waals surface area (Å²) in [5, 5.41) is 14.2. The standard InChI is InChI=1S/C17H14N6O4/c24-13(20-17-21-14(22-23-17)12-6-3-7-27-12)8-11-16(26)18-10-5-2-1-4-9(10)15(25)19-11/h1-7,11H,8H2,(H,18,26)(H,19,25)(H2,20,21,22,23,24)/t11-/m0/s1. The number of hydrogen-bond donors (Lipinski definition) is 4. The number of anilines is 2. The normalized spacial score (nSPS) is 16.1. The summed E-state index contributed by atoms with van der Waals surface area (Å²) >= 11 is 0. The van der Waals surface area contributed by atoms with Crippen LogP contribution in [0.1, 0.15) is 16.8 Å². The zero-order valence-electron chi connectivity index (χ0n) is 13.9. The second-order valence-corrected chi connectivity index (χ2v) is 5.80. The predicted molar refractivity (Wildman–Crippen MR) is 93.7 cm³/mol. The number of rotatable bonds is 4. The fourth-order valence-electron chi connectivity index (χ4n) is 2.66. The maximum absolute atomic E-state index is 12.3. The summed E-state index contributed by atoms with van der Waals surface area (Å²) in [5.74, 6) is -0.571. The molecule has 1 atom stereocenters. The zero-order chi connectivity index (χ0) is 18.8. The molecule has 0 radical (unpaired) electrons. The molecule has 4 N–H and O–H groups in total. The SMILES string of the molecule is O=C(C[C@@H]1NC(=O)c2ccccc2NC1=O)Nc1n[nH]c(-c2ccco2)n1. The molecular weight excluding hydrogens is 352 g/mol. The molecule has 3 amide bonds. The lowest BCUT2D eigenvalue weighted by atomic mass is 10.1. The van der Waals surface area contributed by atoms with Crippen molar-refractivity contribution in [1.82, 2.24) is 20.5 Å². The molecule has 3 aromatic rings. The number of para-hydroxylation sites is 1. The van der Waals surface area contributed by atoms with Gasteiger partial charge in [0.15, 0.2) is 11.6 Å². The molecule has 0 unspecified atom stereocenters. The molecule has 0 spiro atoms. The van der Waals surface area contributed by atoms with Crippen LogP contribution in [0.5, 0.6) is 0 Å². The number of carbonyl (C=O) groups is 3. The van der Waals surface area contributed by atoms with Gasteiger partial charge in [0.25, 0.3) is 5.91 Å². The lowest BCUT2D eigenvalue weighted by molar-refractivity contribution is -0.122. The third-order valence-electron chi connectivity index (χ3n) is 3.93. The van der Waals surface area contributed by atoms with Crippen LogP contribution < -0.4 is 16.0 Å². The van der Waals surface area contributed by atoms with E-state index in [-0.39, 0.29) is 12.4 Å². The second kappa shape index (κ2) is 6.75. The number of hydrogen-bond acceptors (Lipinski definition) is 6. The Bertz CT molecular complexity index is 1010. The molecule has 10 nitrogen and oxygen atoms in total. The minimum atomic E-state index is -1.02. The van der Waals surface area contributed by atoms with Gasteiger partial charge >= 0.3 is 0 Å². The van der Waals surface area contributed by atoms with Crippen LogP contribution in [0.2, 0.25) is 0 Å². The molecule has 1 aliphatic rings. The second-order valence-electron chi connectivity index (χ2n) is 5.80. The van der Waals surface area contributed by atoms with E-state index in [2.05, 4.69) is 31.1 Å². The lowest BCUT2D eigenvalue weighted by Gasteiger charge is -2.13. The van der Waals surface area contributed by atoms with Gasteiger partial charge in [0.05, 0.1) is 23.9 Å². The summed E-state index contributed by atoms with van der Waals surface area (Å²) < 4.78 is 5.18. The van der Waals surface area contributed by atoms with Gasteiger partial charge in [-0.25, -0.2) is 0 Å². The molecule has 1 aromatic carbocycles. The maximum Gasteiger partial charge on any atom is 0.254 e. The van der Waals surface area contributed by atoms with Gasteiger partial charge in [0.2, 0.25) is 17.8 Å². The average Bonchev–Trinajstić information content (AvgIpc) is 3.31. The van der Waals surface area contributed by atoms with Gasteiger partial charge in [0, 0.05) is 0 Å². The summed E-state index contributed by atoms with van der Waals surface area (Å²) in [6.45, 7) is 0. The van der Waals surface area contributed by atoms with Crippen molar-refractivity contribution in [2.75, 3.05) is 10.6 Å². The monoisotopic (exact) mass is 366 g/mol. The van der Waals surface area contributed by atoms with Crippen LogP contribution in [-0.4, -0.2) is 38.9 Å². The van der Waals surface area contributed by atoms with E-state index in [1.54, 1.807) is 36.4 Å². The fourth-order valence-corrected chi connectivity index (χ4v) is 2.66. The largest absolute Gasteiger partial charge is 0.461 e. The van der Waals surface area contributed by atoms with E-state index < -0.39 is 23.8 Å². The summed E-state index contributed by atoms with van der Waals surface area (Å²) in [6, 6.07) is 8.98. The maximum atomic E-state index is 12.3. The molecule has 0 saturated carbocycles. The highest BCUT2D eigenvalue weighted by atomic mass is 16.3.